The highest BCUT2D eigenvalue weighted by Gasteiger charge is 2.13. The summed E-state index contributed by atoms with van der Waals surface area (Å²) in [4.78, 5) is 21.1. The van der Waals surface area contributed by atoms with E-state index in [0.717, 1.165) is 16.6 Å². The number of benzene rings is 2. The van der Waals surface area contributed by atoms with Gasteiger partial charge in [0.15, 0.2) is 5.65 Å². The maximum Gasteiger partial charge on any atom is 0.234 e. The van der Waals surface area contributed by atoms with Crippen molar-refractivity contribution in [2.24, 2.45) is 0 Å². The first-order valence-corrected chi connectivity index (χ1v) is 10.5. The van der Waals surface area contributed by atoms with E-state index in [1.807, 2.05) is 35.0 Å². The van der Waals surface area contributed by atoms with Crippen LogP contribution in [0.5, 0.6) is 5.75 Å². The van der Waals surface area contributed by atoms with Crippen molar-refractivity contribution in [2.75, 3.05) is 18.2 Å². The number of nitrogens with one attached hydrogen (secondary N) is 1. The van der Waals surface area contributed by atoms with E-state index in [-0.39, 0.29) is 11.7 Å². The average molecular weight is 440 g/mol. The number of thioether (sulfide) groups is 1. The van der Waals surface area contributed by atoms with Crippen LogP contribution in [-0.2, 0) is 11.3 Å². The summed E-state index contributed by atoms with van der Waals surface area (Å²) in [7, 11) is 1.54. The van der Waals surface area contributed by atoms with Gasteiger partial charge in [-0.1, -0.05) is 53.7 Å². The SMILES string of the molecule is COc1ccc(NC(=O)CSc2ncnc3c2cnn3Cc2ccccc2)cc1Cl. The average Bonchev–Trinajstić information content (AvgIpc) is 3.16. The molecule has 4 aromatic rings. The first kappa shape index (κ1) is 20.2. The molecule has 0 unspecified atom stereocenters. The Morgan fingerprint density at radius 2 is 2.03 bits per heavy atom. The Hall–Kier alpha value is -3.10. The van der Waals surface area contributed by atoms with Crippen molar-refractivity contribution in [1.29, 1.82) is 0 Å². The first-order chi connectivity index (χ1) is 14.6. The fraction of sp³-hybridized carbons (Fsp3) is 0.143. The van der Waals surface area contributed by atoms with Gasteiger partial charge in [-0.05, 0) is 23.8 Å². The van der Waals surface area contributed by atoms with Gasteiger partial charge in [-0.15, -0.1) is 0 Å². The molecule has 0 spiro atoms. The molecule has 2 aromatic heterocycles. The Balaban J connectivity index is 1.44. The summed E-state index contributed by atoms with van der Waals surface area (Å²) in [5, 5.41) is 9.24. The summed E-state index contributed by atoms with van der Waals surface area (Å²) in [6.45, 7) is 0.615. The normalized spacial score (nSPS) is 10.9. The predicted octanol–water partition coefficient (Wildman–Crippen LogP) is 4.27. The maximum absolute atomic E-state index is 12.4. The van der Waals surface area contributed by atoms with Gasteiger partial charge in [0, 0.05) is 5.69 Å². The van der Waals surface area contributed by atoms with E-state index in [2.05, 4.69) is 20.4 Å². The van der Waals surface area contributed by atoms with Crippen LogP contribution < -0.4 is 10.1 Å². The van der Waals surface area contributed by atoms with E-state index in [1.165, 1.54) is 18.1 Å². The highest BCUT2D eigenvalue weighted by Crippen LogP contribution is 2.28. The van der Waals surface area contributed by atoms with Crippen molar-refractivity contribution in [3.8, 4) is 5.75 Å². The van der Waals surface area contributed by atoms with Crippen LogP contribution in [0.15, 0.2) is 66.1 Å². The lowest BCUT2D eigenvalue weighted by atomic mass is 10.2. The Labute approximate surface area is 182 Å². The minimum Gasteiger partial charge on any atom is -0.495 e. The van der Waals surface area contributed by atoms with Crippen LogP contribution in [0, 0.1) is 0 Å². The van der Waals surface area contributed by atoms with Gasteiger partial charge in [0.1, 0.15) is 17.1 Å². The number of methoxy groups -OCH3 is 1. The number of carbonyl (C=O) groups excluding carboxylic acids is 1. The summed E-state index contributed by atoms with van der Waals surface area (Å²) in [6.07, 6.45) is 3.23. The minimum absolute atomic E-state index is 0.162. The van der Waals surface area contributed by atoms with Gasteiger partial charge in [0.2, 0.25) is 5.91 Å². The zero-order valence-electron chi connectivity index (χ0n) is 16.1. The quantitative estimate of drug-likeness (QED) is 0.342. The molecule has 0 saturated heterocycles. The molecule has 9 heteroatoms. The lowest BCUT2D eigenvalue weighted by Crippen LogP contribution is -2.14. The zero-order chi connectivity index (χ0) is 20.9. The number of ether oxygens (including phenoxy) is 1. The zero-order valence-corrected chi connectivity index (χ0v) is 17.7. The highest BCUT2D eigenvalue weighted by molar-refractivity contribution is 8.00. The van der Waals surface area contributed by atoms with Gasteiger partial charge in [-0.25, -0.2) is 14.6 Å². The third-order valence-electron chi connectivity index (χ3n) is 4.35. The lowest BCUT2D eigenvalue weighted by Gasteiger charge is -2.08. The Morgan fingerprint density at radius 3 is 2.80 bits per heavy atom. The summed E-state index contributed by atoms with van der Waals surface area (Å²) in [5.41, 5.74) is 2.47. The number of amides is 1. The molecular weight excluding hydrogens is 422 g/mol. The number of rotatable bonds is 7. The summed E-state index contributed by atoms with van der Waals surface area (Å²) < 4.78 is 6.95. The van der Waals surface area contributed by atoms with Crippen molar-refractivity contribution in [1.82, 2.24) is 19.7 Å². The van der Waals surface area contributed by atoms with Crippen molar-refractivity contribution in [2.45, 2.75) is 11.6 Å². The van der Waals surface area contributed by atoms with Crippen molar-refractivity contribution < 1.29 is 9.53 Å². The molecule has 152 valence electrons. The maximum atomic E-state index is 12.4. The largest absolute Gasteiger partial charge is 0.495 e. The second-order valence-corrected chi connectivity index (χ2v) is 7.76. The first-order valence-electron chi connectivity index (χ1n) is 9.10. The van der Waals surface area contributed by atoms with Crippen LogP contribution in [0.2, 0.25) is 5.02 Å². The number of anilines is 1. The molecule has 7 nitrogen and oxygen atoms in total. The second-order valence-electron chi connectivity index (χ2n) is 6.39. The van der Waals surface area contributed by atoms with E-state index >= 15 is 0 Å². The molecule has 2 aromatic carbocycles. The topological polar surface area (TPSA) is 81.9 Å². The number of carbonyl (C=O) groups is 1. The monoisotopic (exact) mass is 439 g/mol. The molecular formula is C21H18ClN5O2S. The van der Waals surface area contributed by atoms with Crippen LogP contribution in [0.3, 0.4) is 0 Å². The number of hydrogen-bond donors (Lipinski definition) is 1. The third kappa shape index (κ3) is 4.55. The molecule has 0 aliphatic carbocycles. The molecule has 0 saturated carbocycles. The number of hydrogen-bond acceptors (Lipinski definition) is 6. The van der Waals surface area contributed by atoms with E-state index in [1.54, 1.807) is 31.5 Å². The second kappa shape index (κ2) is 9.15. The molecule has 0 aliphatic heterocycles. The van der Waals surface area contributed by atoms with Crippen LogP contribution in [-0.4, -0.2) is 38.5 Å². The fourth-order valence-corrected chi connectivity index (χ4v) is 3.95. The molecule has 0 radical (unpaired) electrons. The summed E-state index contributed by atoms with van der Waals surface area (Å²) in [5.74, 6) is 0.587. The lowest BCUT2D eigenvalue weighted by molar-refractivity contribution is -0.113. The smallest absolute Gasteiger partial charge is 0.234 e. The Morgan fingerprint density at radius 1 is 1.20 bits per heavy atom. The van der Waals surface area contributed by atoms with Gasteiger partial charge in [0.05, 0.1) is 36.0 Å². The third-order valence-corrected chi connectivity index (χ3v) is 5.65. The minimum atomic E-state index is -0.162. The van der Waals surface area contributed by atoms with E-state index < -0.39 is 0 Å². The fourth-order valence-electron chi connectivity index (χ4n) is 2.93. The van der Waals surface area contributed by atoms with Crippen LogP contribution >= 0.6 is 23.4 Å². The van der Waals surface area contributed by atoms with Crippen molar-refractivity contribution >= 4 is 46.0 Å². The Kier molecular flexibility index (Phi) is 6.15. The van der Waals surface area contributed by atoms with E-state index in [4.69, 9.17) is 16.3 Å². The number of fused-ring (bicyclic) bond motifs is 1. The van der Waals surface area contributed by atoms with Gasteiger partial charge >= 0.3 is 0 Å². The van der Waals surface area contributed by atoms with Gasteiger partial charge in [-0.3, -0.25) is 4.79 Å². The number of aromatic nitrogens is 4. The molecule has 2 heterocycles. The number of halogens is 1. The Bertz CT molecular complexity index is 1180. The molecule has 0 fully saturated rings. The van der Waals surface area contributed by atoms with Crippen LogP contribution in [0.4, 0.5) is 5.69 Å². The molecule has 30 heavy (non-hydrogen) atoms. The molecule has 1 N–H and O–H groups in total. The van der Waals surface area contributed by atoms with E-state index in [0.29, 0.717) is 28.0 Å². The molecule has 0 bridgehead atoms. The summed E-state index contributed by atoms with van der Waals surface area (Å²) in [6, 6.07) is 15.1. The van der Waals surface area contributed by atoms with Gasteiger partial charge in [-0.2, -0.15) is 5.10 Å². The molecule has 0 aliphatic rings. The number of nitrogens with zero attached hydrogens (tertiary/aromatic N) is 4. The van der Waals surface area contributed by atoms with Crippen molar-refractivity contribution in [3.05, 3.63) is 71.6 Å². The van der Waals surface area contributed by atoms with Crippen LogP contribution in [0.1, 0.15) is 5.56 Å². The molecule has 0 atom stereocenters. The van der Waals surface area contributed by atoms with E-state index in [9.17, 15) is 4.79 Å². The predicted molar refractivity (Wildman–Crippen MR) is 118 cm³/mol. The van der Waals surface area contributed by atoms with Crippen molar-refractivity contribution in [3.63, 3.8) is 0 Å². The summed E-state index contributed by atoms with van der Waals surface area (Å²) >= 11 is 7.44. The highest BCUT2D eigenvalue weighted by atomic mass is 35.5. The molecule has 4 rings (SSSR count). The van der Waals surface area contributed by atoms with Gasteiger partial charge in [0.25, 0.3) is 0 Å². The standard InChI is InChI=1S/C21H18ClN5O2S/c1-29-18-8-7-15(9-17(18)22)26-19(28)12-30-21-16-10-25-27(20(16)23-13-24-21)11-14-5-3-2-4-6-14/h2-10,13H,11-12H2,1H3,(H,26,28). The molecule has 1 amide bonds. The van der Waals surface area contributed by atoms with Crippen LogP contribution in [0.25, 0.3) is 11.0 Å². The van der Waals surface area contributed by atoms with Gasteiger partial charge < -0.3 is 10.1 Å².